The Hall–Kier alpha value is -1.30. The molecule has 1 aliphatic rings. The Balaban J connectivity index is 2.29. The van der Waals surface area contributed by atoms with Gasteiger partial charge in [0.25, 0.3) is 0 Å². The first kappa shape index (κ1) is 15.1. The van der Waals surface area contributed by atoms with Crippen molar-refractivity contribution in [1.82, 2.24) is 5.32 Å². The molecule has 1 saturated heterocycles. The predicted octanol–water partition coefficient (Wildman–Crippen LogP) is 3.52. The van der Waals surface area contributed by atoms with Crippen LogP contribution in [0.4, 0.5) is 17.6 Å². The summed E-state index contributed by atoms with van der Waals surface area (Å²) in [6, 6.07) is 3.51. The third-order valence-electron chi connectivity index (χ3n) is 3.45. The van der Waals surface area contributed by atoms with Gasteiger partial charge in [0, 0.05) is 0 Å². The van der Waals surface area contributed by atoms with E-state index < -0.39 is 18.4 Å². The van der Waals surface area contributed by atoms with E-state index in [0.717, 1.165) is 43.6 Å². The average molecular weight is 291 g/mol. The van der Waals surface area contributed by atoms with Gasteiger partial charge in [0.15, 0.2) is 0 Å². The molecular formula is C14H17F4NO. The molecule has 2 nitrogen and oxygen atoms in total. The molecule has 0 unspecified atom stereocenters. The van der Waals surface area contributed by atoms with Gasteiger partial charge < -0.3 is 10.1 Å². The number of halogens is 4. The van der Waals surface area contributed by atoms with Crippen LogP contribution in [0, 0.1) is 0 Å². The quantitative estimate of drug-likeness (QED) is 0.857. The lowest BCUT2D eigenvalue weighted by Crippen LogP contribution is -2.27. The Morgan fingerprint density at radius 2 is 1.90 bits per heavy atom. The van der Waals surface area contributed by atoms with E-state index in [-0.39, 0.29) is 18.3 Å². The lowest BCUT2D eigenvalue weighted by Gasteiger charge is -2.25. The first-order valence-corrected chi connectivity index (χ1v) is 6.63. The fourth-order valence-electron chi connectivity index (χ4n) is 2.45. The molecule has 0 atom stereocenters. The molecule has 20 heavy (non-hydrogen) atoms. The molecule has 112 valence electrons. The largest absolute Gasteiger partial charge is 0.491 e. The zero-order valence-electron chi connectivity index (χ0n) is 11.0. The molecular weight excluding hydrogens is 274 g/mol. The number of rotatable bonds is 4. The number of hydrogen-bond acceptors (Lipinski definition) is 2. The van der Waals surface area contributed by atoms with Gasteiger partial charge in [0.1, 0.15) is 19.0 Å². The molecule has 1 fully saturated rings. The Morgan fingerprint density at radius 3 is 2.50 bits per heavy atom. The Kier molecular flexibility index (Phi) is 4.86. The van der Waals surface area contributed by atoms with Gasteiger partial charge in [-0.05, 0) is 49.5 Å². The molecule has 0 saturated carbocycles. The standard InChI is InChI=1S/C14H17F4NO/c15-5-8-20-13-9-11(14(16,17)18)1-2-12(13)10-3-6-19-7-4-10/h1-2,9-10,19H,3-8H2. The van der Waals surface area contributed by atoms with Crippen molar-refractivity contribution < 1.29 is 22.3 Å². The van der Waals surface area contributed by atoms with Crippen LogP contribution in [0.5, 0.6) is 5.75 Å². The SMILES string of the molecule is FCCOc1cc(C(F)(F)F)ccc1C1CCNCC1. The molecule has 1 aromatic carbocycles. The highest BCUT2D eigenvalue weighted by Crippen LogP contribution is 2.38. The fraction of sp³-hybridized carbons (Fsp3) is 0.571. The summed E-state index contributed by atoms with van der Waals surface area (Å²) in [6.45, 7) is 0.712. The number of hydrogen-bond donors (Lipinski definition) is 1. The van der Waals surface area contributed by atoms with Crippen LogP contribution in [-0.2, 0) is 6.18 Å². The molecule has 1 N–H and O–H groups in total. The maximum atomic E-state index is 12.7. The van der Waals surface area contributed by atoms with Crippen molar-refractivity contribution >= 4 is 0 Å². The molecule has 0 radical (unpaired) electrons. The minimum absolute atomic E-state index is 0.157. The van der Waals surface area contributed by atoms with E-state index in [9.17, 15) is 17.6 Å². The van der Waals surface area contributed by atoms with Crippen LogP contribution < -0.4 is 10.1 Å². The maximum absolute atomic E-state index is 12.7. The molecule has 2 rings (SSSR count). The summed E-state index contributed by atoms with van der Waals surface area (Å²) < 4.78 is 55.6. The summed E-state index contributed by atoms with van der Waals surface area (Å²) >= 11 is 0. The monoisotopic (exact) mass is 291 g/mol. The summed E-state index contributed by atoms with van der Waals surface area (Å²) in [5, 5.41) is 3.20. The maximum Gasteiger partial charge on any atom is 0.416 e. The van der Waals surface area contributed by atoms with Crippen molar-refractivity contribution in [2.24, 2.45) is 0 Å². The van der Waals surface area contributed by atoms with Crippen LogP contribution in [-0.4, -0.2) is 26.4 Å². The summed E-state index contributed by atoms with van der Waals surface area (Å²) in [5.74, 6) is 0.317. The third-order valence-corrected chi connectivity index (χ3v) is 3.45. The highest BCUT2D eigenvalue weighted by atomic mass is 19.4. The molecule has 0 amide bonds. The normalized spacial score (nSPS) is 17.2. The molecule has 6 heteroatoms. The van der Waals surface area contributed by atoms with Crippen molar-refractivity contribution in [3.63, 3.8) is 0 Å². The topological polar surface area (TPSA) is 21.3 Å². The minimum Gasteiger partial charge on any atom is -0.491 e. The van der Waals surface area contributed by atoms with Gasteiger partial charge in [-0.3, -0.25) is 0 Å². The van der Waals surface area contributed by atoms with Gasteiger partial charge in [-0.25, -0.2) is 4.39 Å². The predicted molar refractivity (Wildman–Crippen MR) is 67.8 cm³/mol. The molecule has 1 aromatic rings. The second-order valence-electron chi connectivity index (χ2n) is 4.81. The van der Waals surface area contributed by atoms with Gasteiger partial charge in [-0.2, -0.15) is 13.2 Å². The van der Waals surface area contributed by atoms with Gasteiger partial charge in [-0.1, -0.05) is 6.07 Å². The Morgan fingerprint density at radius 1 is 1.20 bits per heavy atom. The zero-order chi connectivity index (χ0) is 14.6. The lowest BCUT2D eigenvalue weighted by molar-refractivity contribution is -0.137. The summed E-state index contributed by atoms with van der Waals surface area (Å²) in [7, 11) is 0. The molecule has 0 aromatic heterocycles. The Labute approximate surface area is 115 Å². The van der Waals surface area contributed by atoms with Crippen molar-refractivity contribution in [3.8, 4) is 5.75 Å². The average Bonchev–Trinajstić information content (AvgIpc) is 2.45. The number of benzene rings is 1. The number of piperidine rings is 1. The Bertz CT molecular complexity index is 441. The highest BCUT2D eigenvalue weighted by molar-refractivity contribution is 5.41. The third kappa shape index (κ3) is 3.62. The molecule has 0 aliphatic carbocycles. The molecule has 1 aliphatic heterocycles. The number of alkyl halides is 4. The van der Waals surface area contributed by atoms with E-state index in [0.29, 0.717) is 0 Å². The van der Waals surface area contributed by atoms with Gasteiger partial charge in [0.05, 0.1) is 5.56 Å². The first-order chi connectivity index (χ1) is 9.52. The van der Waals surface area contributed by atoms with E-state index in [2.05, 4.69) is 5.32 Å². The van der Waals surface area contributed by atoms with Crippen LogP contribution in [0.3, 0.4) is 0 Å². The smallest absolute Gasteiger partial charge is 0.416 e. The summed E-state index contributed by atoms with van der Waals surface area (Å²) in [5.41, 5.74) is -0.0167. The van der Waals surface area contributed by atoms with Gasteiger partial charge >= 0.3 is 6.18 Å². The van der Waals surface area contributed by atoms with E-state index in [4.69, 9.17) is 4.74 Å². The van der Waals surface area contributed by atoms with Crippen LogP contribution in [0.25, 0.3) is 0 Å². The second-order valence-corrected chi connectivity index (χ2v) is 4.81. The van der Waals surface area contributed by atoms with Crippen molar-refractivity contribution in [2.75, 3.05) is 26.4 Å². The van der Waals surface area contributed by atoms with Crippen molar-refractivity contribution in [3.05, 3.63) is 29.3 Å². The highest BCUT2D eigenvalue weighted by Gasteiger charge is 2.32. The molecule has 1 heterocycles. The van der Waals surface area contributed by atoms with Crippen molar-refractivity contribution in [1.29, 1.82) is 0 Å². The summed E-state index contributed by atoms with van der Waals surface area (Å²) in [6.07, 6.45) is -2.73. The van der Waals surface area contributed by atoms with E-state index >= 15 is 0 Å². The van der Waals surface area contributed by atoms with Crippen LogP contribution >= 0.6 is 0 Å². The lowest BCUT2D eigenvalue weighted by atomic mass is 9.89. The van der Waals surface area contributed by atoms with E-state index in [1.165, 1.54) is 6.07 Å². The minimum atomic E-state index is -4.42. The fourth-order valence-corrected chi connectivity index (χ4v) is 2.45. The van der Waals surface area contributed by atoms with Gasteiger partial charge in [0.2, 0.25) is 0 Å². The van der Waals surface area contributed by atoms with Crippen LogP contribution in [0.1, 0.15) is 29.9 Å². The van der Waals surface area contributed by atoms with E-state index in [1.54, 1.807) is 0 Å². The number of nitrogens with one attached hydrogen (secondary N) is 1. The van der Waals surface area contributed by atoms with Gasteiger partial charge in [-0.15, -0.1) is 0 Å². The first-order valence-electron chi connectivity index (χ1n) is 6.63. The van der Waals surface area contributed by atoms with Crippen molar-refractivity contribution in [2.45, 2.75) is 24.9 Å². The second kappa shape index (κ2) is 6.43. The van der Waals surface area contributed by atoms with Crippen LogP contribution in [0.15, 0.2) is 18.2 Å². The molecule has 0 bridgehead atoms. The summed E-state index contributed by atoms with van der Waals surface area (Å²) in [4.78, 5) is 0. The zero-order valence-corrected chi connectivity index (χ0v) is 11.0. The van der Waals surface area contributed by atoms with E-state index in [1.807, 2.05) is 0 Å². The molecule has 0 spiro atoms. The van der Waals surface area contributed by atoms with Crippen LogP contribution in [0.2, 0.25) is 0 Å². The number of ether oxygens (including phenoxy) is 1.